The minimum atomic E-state index is 0.470. The maximum atomic E-state index is 4.01. The molecular weight excluding hydrogens is 1220 g/mol. The standard InChI is InChI=1S/C97H160BN3/c1-97(2,3)70-50-47-62(48-51-70)57-63-58-90-94-91(59-63)101(96-75(66-29-12-6-13-30-66)39-23-40-76(96)67-31-14-7-15-32-67)89-61-71(99-86-45-18-16-35-77(86)78-36-17-19-46-87(78)99)52-55-84(89)98(94)85-60-69(72-53-54-83-81-42-21-34-68-33-20-41-80(92(68)81)82-44-24-43-79(72)93(82)83)49-56-88(85)100(90)95-73(64-25-8-4-9-26-64)37-22-38-74(95)65-27-10-5-11-28-65/h62-96H,4-61H2,1-3H3/t62?,63?,68?,69?,70?,71-,72+,73+,74?,75-,76+,77-,78?,79?,80-,81?,82?,83?,84+,85?,86?,87+,88?,89?,90?,91?,92-,93?,94-,95?,96?/m0/s1. The van der Waals surface area contributed by atoms with Crippen LogP contribution in [0.3, 0.4) is 0 Å². The zero-order chi connectivity index (χ0) is 67.0. The van der Waals surface area contributed by atoms with Gasteiger partial charge in [0.15, 0.2) is 6.71 Å². The summed E-state index contributed by atoms with van der Waals surface area (Å²) in [5, 5.41) is 0. The Hall–Kier alpha value is -0.0551. The van der Waals surface area contributed by atoms with Gasteiger partial charge in [0.25, 0.3) is 0 Å². The fourth-order valence-corrected chi connectivity index (χ4v) is 37.8. The highest BCUT2D eigenvalue weighted by Crippen LogP contribution is 2.71. The van der Waals surface area contributed by atoms with E-state index in [1.165, 1.54) is 12.8 Å². The van der Waals surface area contributed by atoms with E-state index in [0.29, 0.717) is 5.41 Å². The van der Waals surface area contributed by atoms with Crippen LogP contribution in [0.4, 0.5) is 0 Å². The second kappa shape index (κ2) is 29.9. The van der Waals surface area contributed by atoms with Crippen molar-refractivity contribution in [2.75, 3.05) is 0 Å². The van der Waals surface area contributed by atoms with Crippen LogP contribution in [-0.2, 0) is 0 Å². The topological polar surface area (TPSA) is 9.72 Å². The van der Waals surface area contributed by atoms with Crippen LogP contribution in [0.15, 0.2) is 0 Å². The van der Waals surface area contributed by atoms with Crippen LogP contribution in [0.25, 0.3) is 0 Å². The second-order valence-corrected chi connectivity index (χ2v) is 45.2. The lowest BCUT2D eigenvalue weighted by Crippen LogP contribution is -2.77. The van der Waals surface area contributed by atoms with Crippen LogP contribution < -0.4 is 0 Å². The predicted molar refractivity (Wildman–Crippen MR) is 424 cm³/mol. The minimum absolute atomic E-state index is 0.470. The van der Waals surface area contributed by atoms with Crippen LogP contribution in [-0.4, -0.2) is 75.8 Å². The molecule has 3 heterocycles. The molecule has 20 aliphatic rings. The maximum Gasteiger partial charge on any atom is 0.156 e. The molecule has 17 aliphatic carbocycles. The van der Waals surface area contributed by atoms with Crippen molar-refractivity contribution in [1.82, 2.24) is 14.7 Å². The lowest BCUT2D eigenvalue weighted by Gasteiger charge is -2.72. The van der Waals surface area contributed by atoms with E-state index in [2.05, 4.69) is 35.5 Å². The summed E-state index contributed by atoms with van der Waals surface area (Å²) in [6, 6.07) is 7.97. The van der Waals surface area contributed by atoms with Crippen LogP contribution in [0, 0.1) is 142 Å². The molecule has 0 bridgehead atoms. The van der Waals surface area contributed by atoms with Gasteiger partial charge in [-0.2, -0.15) is 0 Å². The van der Waals surface area contributed by atoms with E-state index in [1.807, 2.05) is 0 Å². The van der Waals surface area contributed by atoms with Crippen molar-refractivity contribution in [2.45, 2.75) is 465 Å². The van der Waals surface area contributed by atoms with E-state index in [0.717, 1.165) is 215 Å². The number of nitrogens with zero attached hydrogens (tertiary/aromatic N) is 3. The SMILES string of the molecule is CC(C)(C)C1CCC(CC2CC3[C@@H]4B(C5CC([C@H]6CCC7C8C6CCCC8[C@@H]6CCCC8CCCC7[C@@H]86)CCC5N3C3C(C5CCCCC5)CCC[C@@H]3C3CCCCC3)[C@@H]3CC[C@H](N5C6CCCC[C@H]6C6CCCC[C@H]65)CC3N(C3[C@@H](C5CCCCC5)CCC[C@H]3C3CCCCC3)C4C2)CC1. The normalized spacial score (nSPS) is 51.5. The van der Waals surface area contributed by atoms with Crippen molar-refractivity contribution in [1.29, 1.82) is 0 Å². The molecule has 3 saturated heterocycles. The molecular formula is C97H160BN3. The molecule has 0 N–H and O–H groups in total. The third kappa shape index (κ3) is 12.7. The van der Waals surface area contributed by atoms with Gasteiger partial charge in [0, 0.05) is 54.4 Å². The van der Waals surface area contributed by atoms with Crippen molar-refractivity contribution in [3.05, 3.63) is 0 Å². The monoisotopic (exact) mass is 1380 g/mol. The molecule has 20 rings (SSSR count). The number of hydrogen-bond acceptors (Lipinski definition) is 3. The van der Waals surface area contributed by atoms with E-state index in [4.69, 9.17) is 0 Å². The summed E-state index contributed by atoms with van der Waals surface area (Å²) in [5.41, 5.74) is 0.470. The fraction of sp³-hybridized carbons (Fsp3) is 1.00. The summed E-state index contributed by atoms with van der Waals surface area (Å²) >= 11 is 0. The van der Waals surface area contributed by atoms with Gasteiger partial charge in [-0.25, -0.2) is 0 Å². The van der Waals surface area contributed by atoms with Crippen molar-refractivity contribution in [3.63, 3.8) is 0 Å². The minimum Gasteiger partial charge on any atom is -0.295 e. The number of likely N-dealkylation sites (tertiary alicyclic amines) is 1. The van der Waals surface area contributed by atoms with Gasteiger partial charge >= 0.3 is 0 Å². The average Bonchev–Trinajstić information content (AvgIpc) is 0.931. The van der Waals surface area contributed by atoms with Gasteiger partial charge in [-0.3, -0.25) is 14.7 Å². The molecule has 566 valence electrons. The first kappa shape index (κ1) is 70.1. The second-order valence-electron chi connectivity index (χ2n) is 45.2. The average molecular weight is 1380 g/mol. The highest BCUT2D eigenvalue weighted by Gasteiger charge is 2.70. The summed E-state index contributed by atoms with van der Waals surface area (Å²) in [4.78, 5) is 11.6. The molecule has 0 amide bonds. The Balaban J connectivity index is 0.746. The lowest BCUT2D eigenvalue weighted by molar-refractivity contribution is -0.159. The Morgan fingerprint density at radius 3 is 1.18 bits per heavy atom. The molecule has 0 aromatic heterocycles. The molecule has 4 heteroatoms. The van der Waals surface area contributed by atoms with E-state index < -0.39 is 0 Å². The maximum absolute atomic E-state index is 4.01. The zero-order valence-electron chi connectivity index (χ0n) is 66.6. The molecule has 0 aromatic carbocycles. The summed E-state index contributed by atoms with van der Waals surface area (Å²) < 4.78 is 0. The third-order valence-electron chi connectivity index (χ3n) is 40.8. The van der Waals surface area contributed by atoms with Gasteiger partial charge in [-0.15, -0.1) is 0 Å². The van der Waals surface area contributed by atoms with Crippen molar-refractivity contribution < 1.29 is 0 Å². The molecule has 29 atom stereocenters. The van der Waals surface area contributed by atoms with Gasteiger partial charge in [-0.1, -0.05) is 245 Å². The first-order chi connectivity index (χ1) is 49.8. The molecule has 0 spiro atoms. The Kier molecular flexibility index (Phi) is 20.7. The summed E-state index contributed by atoms with van der Waals surface area (Å²) in [7, 11) is 0. The van der Waals surface area contributed by atoms with Crippen molar-refractivity contribution in [3.8, 4) is 0 Å². The molecule has 20 fully saturated rings. The molecule has 0 radical (unpaired) electrons. The number of rotatable bonds is 10. The van der Waals surface area contributed by atoms with Gasteiger partial charge in [0.2, 0.25) is 0 Å². The van der Waals surface area contributed by atoms with E-state index in [9.17, 15) is 0 Å². The number of hydrogen-bond donors (Lipinski definition) is 0. The lowest BCUT2D eigenvalue weighted by atomic mass is 9.18. The van der Waals surface area contributed by atoms with Crippen molar-refractivity contribution in [2.24, 2.45) is 142 Å². The predicted octanol–water partition coefficient (Wildman–Crippen LogP) is 25.9. The van der Waals surface area contributed by atoms with Crippen LogP contribution in [0.2, 0.25) is 17.5 Å². The van der Waals surface area contributed by atoms with Gasteiger partial charge in [0.1, 0.15) is 0 Å². The van der Waals surface area contributed by atoms with Crippen LogP contribution >= 0.6 is 0 Å². The van der Waals surface area contributed by atoms with Crippen LogP contribution in [0.5, 0.6) is 0 Å². The van der Waals surface area contributed by atoms with Gasteiger partial charge in [0.05, 0.1) is 0 Å². The largest absolute Gasteiger partial charge is 0.295 e. The number of fused-ring (bicyclic) bond motifs is 9. The van der Waals surface area contributed by atoms with Gasteiger partial charge in [-0.05, 0) is 307 Å². The Morgan fingerprint density at radius 1 is 0.248 bits per heavy atom. The first-order valence-electron chi connectivity index (χ1n) is 49.1. The third-order valence-corrected chi connectivity index (χ3v) is 40.8. The zero-order valence-corrected chi connectivity index (χ0v) is 66.6. The smallest absolute Gasteiger partial charge is 0.156 e. The van der Waals surface area contributed by atoms with E-state index in [-0.39, 0.29) is 0 Å². The molecule has 3 aliphatic heterocycles. The highest BCUT2D eigenvalue weighted by molar-refractivity contribution is 6.65. The highest BCUT2D eigenvalue weighted by atomic mass is 15.3. The summed E-state index contributed by atoms with van der Waals surface area (Å²) in [6.07, 6.45) is 92.5. The molecule has 3 nitrogen and oxygen atoms in total. The fourth-order valence-electron chi connectivity index (χ4n) is 37.8. The molecule has 18 unspecified atom stereocenters. The molecule has 0 aromatic rings. The Labute approximate surface area is 624 Å². The quantitative estimate of drug-likeness (QED) is 0.202. The Morgan fingerprint density at radius 2 is 0.663 bits per heavy atom. The van der Waals surface area contributed by atoms with Gasteiger partial charge < -0.3 is 0 Å². The van der Waals surface area contributed by atoms with Crippen LogP contribution in [0.1, 0.15) is 393 Å². The van der Waals surface area contributed by atoms with Crippen molar-refractivity contribution >= 4 is 6.71 Å². The Bertz CT molecular complexity index is 2610. The molecule has 101 heavy (non-hydrogen) atoms. The summed E-state index contributed by atoms with van der Waals surface area (Å²) in [5.74, 6) is 26.9. The summed E-state index contributed by atoms with van der Waals surface area (Å²) in [6.45, 7) is 8.88. The van der Waals surface area contributed by atoms with E-state index >= 15 is 0 Å². The first-order valence-corrected chi connectivity index (χ1v) is 49.1. The van der Waals surface area contributed by atoms with E-state index in [1.54, 1.807) is 360 Å². The molecule has 17 saturated carbocycles.